The SMILES string of the molecule is CC(C)c1nc(CN2Cc3ccccc3CC2C(N)=O)co1. The van der Waals surface area contributed by atoms with Gasteiger partial charge in [-0.3, -0.25) is 9.69 Å². The van der Waals surface area contributed by atoms with Gasteiger partial charge in [0.2, 0.25) is 5.91 Å². The fourth-order valence-corrected chi connectivity index (χ4v) is 2.89. The Morgan fingerprint density at radius 1 is 1.41 bits per heavy atom. The first-order valence-electron chi connectivity index (χ1n) is 7.59. The number of fused-ring (bicyclic) bond motifs is 1. The molecule has 0 radical (unpaired) electrons. The van der Waals surface area contributed by atoms with E-state index in [1.807, 2.05) is 26.0 Å². The number of carbonyl (C=O) groups is 1. The fraction of sp³-hybridized carbons (Fsp3) is 0.412. The van der Waals surface area contributed by atoms with Crippen molar-refractivity contribution in [2.75, 3.05) is 0 Å². The molecule has 1 atom stereocenters. The van der Waals surface area contributed by atoms with Gasteiger partial charge in [0.15, 0.2) is 5.89 Å². The summed E-state index contributed by atoms with van der Waals surface area (Å²) >= 11 is 0. The van der Waals surface area contributed by atoms with E-state index in [0.29, 0.717) is 19.5 Å². The Morgan fingerprint density at radius 3 is 2.77 bits per heavy atom. The normalized spacial score (nSPS) is 18.4. The highest BCUT2D eigenvalue weighted by Crippen LogP contribution is 2.25. The van der Waals surface area contributed by atoms with E-state index in [9.17, 15) is 4.79 Å². The molecule has 0 saturated carbocycles. The summed E-state index contributed by atoms with van der Waals surface area (Å²) < 4.78 is 5.48. The number of aromatic nitrogens is 1. The van der Waals surface area contributed by atoms with Crippen LogP contribution in [0.4, 0.5) is 0 Å². The van der Waals surface area contributed by atoms with Crippen LogP contribution in [-0.2, 0) is 24.3 Å². The van der Waals surface area contributed by atoms with E-state index in [0.717, 1.165) is 11.6 Å². The molecular formula is C17H21N3O2. The summed E-state index contributed by atoms with van der Waals surface area (Å²) in [5, 5.41) is 0. The van der Waals surface area contributed by atoms with Gasteiger partial charge < -0.3 is 10.2 Å². The highest BCUT2D eigenvalue weighted by atomic mass is 16.3. The molecule has 3 rings (SSSR count). The number of hydrogen-bond donors (Lipinski definition) is 1. The van der Waals surface area contributed by atoms with Gasteiger partial charge in [-0.15, -0.1) is 0 Å². The average molecular weight is 299 g/mol. The number of nitrogens with zero attached hydrogens (tertiary/aromatic N) is 2. The maximum Gasteiger partial charge on any atom is 0.235 e. The lowest BCUT2D eigenvalue weighted by Gasteiger charge is -2.34. The molecule has 0 spiro atoms. The zero-order valence-corrected chi connectivity index (χ0v) is 13.0. The number of amides is 1. The van der Waals surface area contributed by atoms with Crippen molar-refractivity contribution >= 4 is 5.91 Å². The van der Waals surface area contributed by atoms with Gasteiger partial charge in [0.1, 0.15) is 6.26 Å². The monoisotopic (exact) mass is 299 g/mol. The molecule has 2 aromatic rings. The molecule has 1 aliphatic heterocycles. The molecule has 0 bridgehead atoms. The maximum atomic E-state index is 11.8. The molecule has 2 N–H and O–H groups in total. The molecule has 0 aliphatic carbocycles. The van der Waals surface area contributed by atoms with Crippen molar-refractivity contribution in [3.05, 3.63) is 53.2 Å². The minimum Gasteiger partial charge on any atom is -0.448 e. The Balaban J connectivity index is 1.82. The van der Waals surface area contributed by atoms with Crippen LogP contribution in [0.3, 0.4) is 0 Å². The molecule has 1 aromatic heterocycles. The smallest absolute Gasteiger partial charge is 0.235 e. The molecule has 0 fully saturated rings. The first-order valence-corrected chi connectivity index (χ1v) is 7.59. The summed E-state index contributed by atoms with van der Waals surface area (Å²) in [4.78, 5) is 18.4. The first-order chi connectivity index (χ1) is 10.5. The van der Waals surface area contributed by atoms with Crippen LogP contribution in [-0.4, -0.2) is 21.8 Å². The summed E-state index contributed by atoms with van der Waals surface area (Å²) in [6, 6.07) is 7.89. The van der Waals surface area contributed by atoms with Gasteiger partial charge in [-0.1, -0.05) is 38.1 Å². The third-order valence-electron chi connectivity index (χ3n) is 4.10. The second-order valence-electron chi connectivity index (χ2n) is 6.13. The van der Waals surface area contributed by atoms with Crippen LogP contribution in [0.1, 0.15) is 42.5 Å². The minimum atomic E-state index is -0.297. The van der Waals surface area contributed by atoms with E-state index < -0.39 is 0 Å². The second kappa shape index (κ2) is 5.93. The minimum absolute atomic E-state index is 0.253. The third-order valence-corrected chi connectivity index (χ3v) is 4.10. The molecule has 1 unspecified atom stereocenters. The molecule has 2 heterocycles. The van der Waals surface area contributed by atoms with Gasteiger partial charge in [-0.2, -0.15) is 0 Å². The Hall–Kier alpha value is -2.14. The van der Waals surface area contributed by atoms with Crippen LogP contribution in [0.15, 0.2) is 34.9 Å². The van der Waals surface area contributed by atoms with E-state index in [2.05, 4.69) is 22.0 Å². The lowest BCUT2D eigenvalue weighted by atomic mass is 9.93. The van der Waals surface area contributed by atoms with E-state index in [4.69, 9.17) is 10.2 Å². The molecule has 1 aliphatic rings. The molecular weight excluding hydrogens is 278 g/mol. The van der Waals surface area contributed by atoms with Crippen molar-refractivity contribution in [1.82, 2.24) is 9.88 Å². The predicted molar refractivity (Wildman–Crippen MR) is 83.0 cm³/mol. The lowest BCUT2D eigenvalue weighted by molar-refractivity contribution is -0.124. The van der Waals surface area contributed by atoms with Crippen LogP contribution in [0, 0.1) is 0 Å². The van der Waals surface area contributed by atoms with E-state index in [-0.39, 0.29) is 17.9 Å². The molecule has 1 amide bonds. The second-order valence-corrected chi connectivity index (χ2v) is 6.13. The van der Waals surface area contributed by atoms with E-state index >= 15 is 0 Å². The predicted octanol–water partition coefficient (Wildman–Crippen LogP) is 2.21. The number of hydrogen-bond acceptors (Lipinski definition) is 4. The number of rotatable bonds is 4. The van der Waals surface area contributed by atoms with E-state index in [1.165, 1.54) is 11.1 Å². The van der Waals surface area contributed by atoms with Crippen molar-refractivity contribution in [2.45, 2.75) is 45.3 Å². The van der Waals surface area contributed by atoms with Crippen molar-refractivity contribution < 1.29 is 9.21 Å². The highest BCUT2D eigenvalue weighted by molar-refractivity contribution is 5.80. The topological polar surface area (TPSA) is 72.4 Å². The summed E-state index contributed by atoms with van der Waals surface area (Å²) in [5.74, 6) is 0.688. The zero-order valence-electron chi connectivity index (χ0n) is 13.0. The number of carbonyl (C=O) groups excluding carboxylic acids is 1. The summed E-state index contributed by atoms with van der Waals surface area (Å²) in [5.41, 5.74) is 8.88. The zero-order chi connectivity index (χ0) is 15.7. The third kappa shape index (κ3) is 2.90. The molecule has 5 nitrogen and oxygen atoms in total. The van der Waals surface area contributed by atoms with Gasteiger partial charge in [0.05, 0.1) is 11.7 Å². The summed E-state index contributed by atoms with van der Waals surface area (Å²) in [6.45, 7) is 5.35. The molecule has 22 heavy (non-hydrogen) atoms. The molecule has 5 heteroatoms. The van der Waals surface area contributed by atoms with Crippen LogP contribution in [0.2, 0.25) is 0 Å². The van der Waals surface area contributed by atoms with Gasteiger partial charge >= 0.3 is 0 Å². The molecule has 1 aromatic carbocycles. The first kappa shape index (κ1) is 14.8. The van der Waals surface area contributed by atoms with Crippen LogP contribution >= 0.6 is 0 Å². The van der Waals surface area contributed by atoms with Crippen molar-refractivity contribution in [2.24, 2.45) is 5.73 Å². The van der Waals surface area contributed by atoms with Crippen LogP contribution in [0.25, 0.3) is 0 Å². The standard InChI is InChI=1S/C17H21N3O2/c1-11(2)17-19-14(10-22-17)9-20-8-13-6-4-3-5-12(13)7-15(20)16(18)21/h3-6,10-11,15H,7-9H2,1-2H3,(H2,18,21). The average Bonchev–Trinajstić information content (AvgIpc) is 2.95. The lowest BCUT2D eigenvalue weighted by Crippen LogP contribution is -2.48. The fourth-order valence-electron chi connectivity index (χ4n) is 2.89. The maximum absolute atomic E-state index is 11.8. The van der Waals surface area contributed by atoms with Gasteiger partial charge in [-0.25, -0.2) is 4.98 Å². The number of primary amides is 1. The van der Waals surface area contributed by atoms with Crippen LogP contribution in [0.5, 0.6) is 0 Å². The summed E-state index contributed by atoms with van der Waals surface area (Å²) in [7, 11) is 0. The molecule has 0 saturated heterocycles. The number of nitrogens with two attached hydrogens (primary N) is 1. The highest BCUT2D eigenvalue weighted by Gasteiger charge is 2.30. The number of benzene rings is 1. The Morgan fingerprint density at radius 2 is 2.14 bits per heavy atom. The molecule has 116 valence electrons. The number of oxazole rings is 1. The largest absolute Gasteiger partial charge is 0.448 e. The van der Waals surface area contributed by atoms with Gasteiger partial charge in [0, 0.05) is 19.0 Å². The Kier molecular flexibility index (Phi) is 3.98. The van der Waals surface area contributed by atoms with Gasteiger partial charge in [-0.05, 0) is 17.5 Å². The van der Waals surface area contributed by atoms with Crippen molar-refractivity contribution in [1.29, 1.82) is 0 Å². The Bertz CT molecular complexity index is 678. The Labute approximate surface area is 130 Å². The van der Waals surface area contributed by atoms with E-state index in [1.54, 1.807) is 6.26 Å². The summed E-state index contributed by atoms with van der Waals surface area (Å²) in [6.07, 6.45) is 2.33. The van der Waals surface area contributed by atoms with Crippen LogP contribution < -0.4 is 5.73 Å². The van der Waals surface area contributed by atoms with Crippen molar-refractivity contribution in [3.63, 3.8) is 0 Å². The van der Waals surface area contributed by atoms with Crippen molar-refractivity contribution in [3.8, 4) is 0 Å². The van der Waals surface area contributed by atoms with Gasteiger partial charge in [0.25, 0.3) is 0 Å². The quantitative estimate of drug-likeness (QED) is 0.939.